The first-order chi connectivity index (χ1) is 14.3. The summed E-state index contributed by atoms with van der Waals surface area (Å²) in [7, 11) is 0. The molecule has 2 aromatic rings. The first-order valence-electron chi connectivity index (χ1n) is 10.0. The Balaban J connectivity index is 1.95. The van der Waals surface area contributed by atoms with Gasteiger partial charge in [0.1, 0.15) is 17.4 Å². The minimum atomic E-state index is -4.34. The smallest absolute Gasteiger partial charge is 0.365 e. The molecule has 1 unspecified atom stereocenters. The summed E-state index contributed by atoms with van der Waals surface area (Å²) in [6.07, 6.45) is 2.50. The molecule has 6 nitrogen and oxygen atoms in total. The monoisotopic (exact) mass is 440 g/mol. The Morgan fingerprint density at radius 3 is 2.67 bits per heavy atom. The Kier molecular flexibility index (Phi) is 7.30. The molecule has 164 valence electrons. The van der Waals surface area contributed by atoms with Gasteiger partial charge in [-0.1, -0.05) is 19.1 Å². The van der Waals surface area contributed by atoms with Gasteiger partial charge in [-0.25, -0.2) is 9.97 Å². The number of rotatable bonds is 8. The van der Waals surface area contributed by atoms with E-state index in [2.05, 4.69) is 45.0 Å². The van der Waals surface area contributed by atoms with Gasteiger partial charge in [0.2, 0.25) is 5.95 Å². The number of allylic oxidation sites excluding steroid dienone is 2. The van der Waals surface area contributed by atoms with Crippen molar-refractivity contribution in [2.24, 2.45) is 0 Å². The van der Waals surface area contributed by atoms with Crippen LogP contribution in [0.3, 0.4) is 0 Å². The second-order valence-electron chi connectivity index (χ2n) is 7.26. The highest BCUT2D eigenvalue weighted by atomic mass is 32.1. The summed E-state index contributed by atoms with van der Waals surface area (Å²) >= 11 is 1.55. The second kappa shape index (κ2) is 9.74. The van der Waals surface area contributed by atoms with Gasteiger partial charge in [-0.2, -0.15) is 18.2 Å². The molecule has 2 aromatic heterocycles. The molecule has 0 aromatic carbocycles. The lowest BCUT2D eigenvalue weighted by Gasteiger charge is -2.18. The third-order valence-electron chi connectivity index (χ3n) is 4.76. The Bertz CT molecular complexity index is 887. The lowest BCUT2D eigenvalue weighted by atomic mass is 10.2. The highest BCUT2D eigenvalue weighted by Gasteiger charge is 2.28. The van der Waals surface area contributed by atoms with Crippen LogP contribution in [0.2, 0.25) is 0 Å². The summed E-state index contributed by atoms with van der Waals surface area (Å²) in [4.78, 5) is 14.6. The van der Waals surface area contributed by atoms with Gasteiger partial charge in [0.15, 0.2) is 0 Å². The normalized spacial score (nSPS) is 17.1. The Morgan fingerprint density at radius 1 is 1.20 bits per heavy atom. The fourth-order valence-corrected chi connectivity index (χ4v) is 4.29. The fraction of sp³-hybridized carbons (Fsp3) is 0.550. The number of halogens is 3. The number of nitrogens with one attached hydrogen (secondary N) is 3. The number of aryl methyl sites for hydroxylation is 2. The average molecular weight is 441 g/mol. The summed E-state index contributed by atoms with van der Waals surface area (Å²) in [5, 5.41) is 9.73. The van der Waals surface area contributed by atoms with Crippen LogP contribution in [0.15, 0.2) is 12.2 Å². The van der Waals surface area contributed by atoms with Crippen LogP contribution in [-0.4, -0.2) is 46.8 Å². The molecule has 0 saturated carbocycles. The minimum Gasteiger partial charge on any atom is -0.365 e. The van der Waals surface area contributed by atoms with Crippen LogP contribution in [0, 0.1) is 13.8 Å². The largest absolute Gasteiger partial charge is 0.405 e. The lowest BCUT2D eigenvalue weighted by molar-refractivity contribution is -0.115. The van der Waals surface area contributed by atoms with Crippen LogP contribution < -0.4 is 16.0 Å². The number of alkyl halides is 3. The van der Waals surface area contributed by atoms with E-state index in [4.69, 9.17) is 4.98 Å². The van der Waals surface area contributed by atoms with E-state index in [0.717, 1.165) is 53.5 Å². The molecule has 0 bridgehead atoms. The maximum absolute atomic E-state index is 12.6. The number of nitrogens with zero attached hydrogens (tertiary/aromatic N) is 3. The van der Waals surface area contributed by atoms with Crippen molar-refractivity contribution in [1.29, 1.82) is 0 Å². The molecule has 0 spiro atoms. The molecule has 3 N–H and O–H groups in total. The maximum atomic E-state index is 12.6. The Hall–Kier alpha value is -2.20. The van der Waals surface area contributed by atoms with Crippen molar-refractivity contribution >= 4 is 23.1 Å². The van der Waals surface area contributed by atoms with Gasteiger partial charge in [-0.15, -0.1) is 11.3 Å². The van der Waals surface area contributed by atoms with E-state index in [1.54, 1.807) is 18.3 Å². The van der Waals surface area contributed by atoms with Crippen LogP contribution in [0.1, 0.15) is 36.0 Å². The molecule has 1 atom stereocenters. The van der Waals surface area contributed by atoms with Crippen molar-refractivity contribution in [3.8, 4) is 10.6 Å². The van der Waals surface area contributed by atoms with Crippen molar-refractivity contribution in [3.05, 3.63) is 28.4 Å². The molecule has 0 aliphatic carbocycles. The van der Waals surface area contributed by atoms with Gasteiger partial charge in [-0.3, -0.25) is 0 Å². The van der Waals surface area contributed by atoms with Crippen LogP contribution in [0.25, 0.3) is 10.6 Å². The third kappa shape index (κ3) is 5.91. The van der Waals surface area contributed by atoms with Crippen molar-refractivity contribution in [1.82, 2.24) is 20.3 Å². The summed E-state index contributed by atoms with van der Waals surface area (Å²) in [5.41, 5.74) is 2.33. The standard InChI is InChI=1S/C20H27F3N6S/c1-4-5-6-7-15-13(3)30-18(28-15)16-12(2)26-19(25-11-20(21,22)23)29-17(16)27-14-8-9-24-10-14/h5-6,14,24H,4,7-11H2,1-3H3,(H2,25,26,27,29)/b6-5-. The average Bonchev–Trinajstić information content (AvgIpc) is 3.29. The molecule has 1 aliphatic rings. The van der Waals surface area contributed by atoms with Crippen molar-refractivity contribution in [2.75, 3.05) is 30.3 Å². The maximum Gasteiger partial charge on any atom is 0.405 e. The first-order valence-corrected chi connectivity index (χ1v) is 10.9. The summed E-state index contributed by atoms with van der Waals surface area (Å²) in [6.45, 7) is 6.38. The van der Waals surface area contributed by atoms with E-state index < -0.39 is 12.7 Å². The van der Waals surface area contributed by atoms with E-state index in [9.17, 15) is 13.2 Å². The molecule has 1 fully saturated rings. The third-order valence-corrected chi connectivity index (χ3v) is 5.79. The van der Waals surface area contributed by atoms with Crippen LogP contribution >= 0.6 is 11.3 Å². The van der Waals surface area contributed by atoms with Gasteiger partial charge in [0.05, 0.1) is 17.0 Å². The second-order valence-corrected chi connectivity index (χ2v) is 8.47. The molecule has 10 heteroatoms. The lowest BCUT2D eigenvalue weighted by Crippen LogP contribution is -2.25. The van der Waals surface area contributed by atoms with E-state index in [-0.39, 0.29) is 12.0 Å². The van der Waals surface area contributed by atoms with Crippen LogP contribution in [0.4, 0.5) is 24.9 Å². The Labute approximate surface area is 178 Å². The number of hydrogen-bond acceptors (Lipinski definition) is 7. The molecule has 1 saturated heterocycles. The van der Waals surface area contributed by atoms with Gasteiger partial charge in [0.25, 0.3) is 0 Å². The van der Waals surface area contributed by atoms with E-state index >= 15 is 0 Å². The Morgan fingerprint density at radius 2 is 2.00 bits per heavy atom. The van der Waals surface area contributed by atoms with Gasteiger partial charge >= 0.3 is 6.18 Å². The zero-order chi connectivity index (χ0) is 21.7. The molecular formula is C20H27F3N6S. The molecule has 30 heavy (non-hydrogen) atoms. The molecule has 3 rings (SSSR count). The summed E-state index contributed by atoms with van der Waals surface area (Å²) < 4.78 is 37.9. The van der Waals surface area contributed by atoms with E-state index in [1.165, 1.54) is 0 Å². The number of anilines is 2. The first kappa shape index (κ1) is 22.5. The predicted octanol–water partition coefficient (Wildman–Crippen LogP) is 4.47. The molecule has 3 heterocycles. The minimum absolute atomic E-state index is 0.0404. The van der Waals surface area contributed by atoms with Crippen molar-refractivity contribution in [2.45, 2.75) is 52.3 Å². The van der Waals surface area contributed by atoms with Crippen LogP contribution in [-0.2, 0) is 6.42 Å². The quantitative estimate of drug-likeness (QED) is 0.526. The SMILES string of the molecule is CC/C=C\Cc1nc(-c2c(C)nc(NCC(F)(F)F)nc2NC2CCNC2)sc1C. The van der Waals surface area contributed by atoms with Gasteiger partial charge in [-0.05, 0) is 33.2 Å². The van der Waals surface area contributed by atoms with Crippen molar-refractivity contribution in [3.63, 3.8) is 0 Å². The molecular weight excluding hydrogens is 413 g/mol. The van der Waals surface area contributed by atoms with Crippen molar-refractivity contribution < 1.29 is 13.2 Å². The van der Waals surface area contributed by atoms with E-state index in [0.29, 0.717) is 11.5 Å². The summed E-state index contributed by atoms with van der Waals surface area (Å²) in [6, 6.07) is 0.154. The number of thiazole rings is 1. The van der Waals surface area contributed by atoms with E-state index in [1.807, 2.05) is 6.92 Å². The molecule has 0 amide bonds. The highest BCUT2D eigenvalue weighted by molar-refractivity contribution is 7.15. The number of hydrogen-bond donors (Lipinski definition) is 3. The fourth-order valence-electron chi connectivity index (χ4n) is 3.25. The molecule has 0 radical (unpaired) electrons. The summed E-state index contributed by atoms with van der Waals surface area (Å²) in [5.74, 6) is 0.478. The molecule has 1 aliphatic heterocycles. The predicted molar refractivity (Wildman–Crippen MR) is 115 cm³/mol. The van der Waals surface area contributed by atoms with Crippen LogP contribution in [0.5, 0.6) is 0 Å². The van der Waals surface area contributed by atoms with Gasteiger partial charge in [0, 0.05) is 23.9 Å². The number of aromatic nitrogens is 3. The van der Waals surface area contributed by atoms with Gasteiger partial charge < -0.3 is 16.0 Å². The zero-order valence-electron chi connectivity index (χ0n) is 17.4. The topological polar surface area (TPSA) is 74.8 Å². The highest BCUT2D eigenvalue weighted by Crippen LogP contribution is 2.35. The zero-order valence-corrected chi connectivity index (χ0v) is 18.2.